The standard InChI is InChI=1S/C13H10N2/c1-2-4-12-10(3-1)5-6-11-9-14-7-8-15-13(11)12/h1-7,9H,8H2. The smallest absolute Gasteiger partial charge is 0.0749 e. The lowest BCUT2D eigenvalue weighted by Crippen LogP contribution is -2.25. The molecule has 0 N–H and O–H groups in total. The average Bonchev–Trinajstić information content (AvgIpc) is 2.54. The fourth-order valence-electron chi connectivity index (χ4n) is 1.86. The molecule has 15 heavy (non-hydrogen) atoms. The molecule has 0 spiro atoms. The van der Waals surface area contributed by atoms with E-state index in [-0.39, 0.29) is 0 Å². The first-order chi connectivity index (χ1) is 7.45. The first kappa shape index (κ1) is 8.36. The number of hydrogen-bond donors (Lipinski definition) is 0. The van der Waals surface area contributed by atoms with Gasteiger partial charge in [-0.2, -0.15) is 0 Å². The summed E-state index contributed by atoms with van der Waals surface area (Å²) < 4.78 is 0. The lowest BCUT2D eigenvalue weighted by atomic mass is 10.1. The van der Waals surface area contributed by atoms with Crippen molar-refractivity contribution in [2.75, 3.05) is 6.54 Å². The zero-order valence-electron chi connectivity index (χ0n) is 8.22. The van der Waals surface area contributed by atoms with Gasteiger partial charge < -0.3 is 0 Å². The van der Waals surface area contributed by atoms with Crippen molar-refractivity contribution in [2.45, 2.75) is 0 Å². The average molecular weight is 194 g/mol. The Hall–Kier alpha value is -1.96. The summed E-state index contributed by atoms with van der Waals surface area (Å²) in [6, 6.07) is 12.5. The third-order valence-electron chi connectivity index (χ3n) is 2.58. The molecule has 3 rings (SSSR count). The molecule has 0 fully saturated rings. The lowest BCUT2D eigenvalue weighted by molar-refractivity contribution is 1.21. The monoisotopic (exact) mass is 194 g/mol. The lowest BCUT2D eigenvalue weighted by Gasteiger charge is -1.97. The first-order valence-electron chi connectivity index (χ1n) is 4.99. The maximum absolute atomic E-state index is 4.53. The van der Waals surface area contributed by atoms with E-state index >= 15 is 0 Å². The molecule has 2 aromatic carbocycles. The van der Waals surface area contributed by atoms with Gasteiger partial charge in [0, 0.05) is 23.0 Å². The highest BCUT2D eigenvalue weighted by molar-refractivity contribution is 5.82. The molecule has 1 aliphatic rings. The molecule has 0 unspecified atom stereocenters. The van der Waals surface area contributed by atoms with Crippen LogP contribution in [0.15, 0.2) is 46.4 Å². The van der Waals surface area contributed by atoms with E-state index in [1.807, 2.05) is 24.5 Å². The Morgan fingerprint density at radius 1 is 1.00 bits per heavy atom. The van der Waals surface area contributed by atoms with Crippen molar-refractivity contribution in [1.29, 1.82) is 0 Å². The van der Waals surface area contributed by atoms with Crippen LogP contribution in [-0.2, 0) is 0 Å². The number of hydrogen-bond acceptors (Lipinski definition) is 2. The van der Waals surface area contributed by atoms with Crippen molar-refractivity contribution < 1.29 is 0 Å². The SMILES string of the molecule is C1=NC=c2ccc3ccccc3c2=NC1. The maximum atomic E-state index is 4.53. The molecule has 0 amide bonds. The number of fused-ring (bicyclic) bond motifs is 3. The molecule has 0 bridgehead atoms. The number of nitrogens with zero attached hydrogens (tertiary/aromatic N) is 2. The minimum absolute atomic E-state index is 0.664. The molecule has 2 aromatic rings. The summed E-state index contributed by atoms with van der Waals surface area (Å²) >= 11 is 0. The van der Waals surface area contributed by atoms with Crippen LogP contribution in [0.5, 0.6) is 0 Å². The topological polar surface area (TPSA) is 24.7 Å². The van der Waals surface area contributed by atoms with E-state index in [9.17, 15) is 0 Å². The van der Waals surface area contributed by atoms with E-state index in [4.69, 9.17) is 0 Å². The molecule has 0 radical (unpaired) electrons. The molecule has 0 saturated carbocycles. The van der Waals surface area contributed by atoms with Crippen LogP contribution in [0.1, 0.15) is 0 Å². The summed E-state index contributed by atoms with van der Waals surface area (Å²) in [5.74, 6) is 0. The second kappa shape index (κ2) is 3.31. The van der Waals surface area contributed by atoms with E-state index in [1.165, 1.54) is 10.8 Å². The summed E-state index contributed by atoms with van der Waals surface area (Å²) in [6.45, 7) is 0.664. The second-order valence-electron chi connectivity index (χ2n) is 3.53. The second-order valence-corrected chi connectivity index (χ2v) is 3.53. The van der Waals surface area contributed by atoms with Crippen LogP contribution in [0.25, 0.3) is 17.0 Å². The Kier molecular flexibility index (Phi) is 1.85. The van der Waals surface area contributed by atoms with Crippen molar-refractivity contribution in [3.05, 3.63) is 47.0 Å². The highest BCUT2D eigenvalue weighted by Gasteiger charge is 1.97. The largest absolute Gasteiger partial charge is 0.278 e. The Morgan fingerprint density at radius 2 is 1.93 bits per heavy atom. The molecule has 2 nitrogen and oxygen atoms in total. The Balaban J connectivity index is 2.56. The van der Waals surface area contributed by atoms with Gasteiger partial charge in [0.25, 0.3) is 0 Å². The summed E-state index contributed by atoms with van der Waals surface area (Å²) in [6.07, 6.45) is 3.70. The molecular weight excluding hydrogens is 184 g/mol. The van der Waals surface area contributed by atoms with Crippen LogP contribution >= 0.6 is 0 Å². The van der Waals surface area contributed by atoms with Crippen molar-refractivity contribution >= 4 is 23.2 Å². The molecule has 0 atom stereocenters. The van der Waals surface area contributed by atoms with Gasteiger partial charge >= 0.3 is 0 Å². The van der Waals surface area contributed by atoms with E-state index < -0.39 is 0 Å². The Bertz CT molecular complexity index is 654. The Labute approximate surface area is 87.3 Å². The van der Waals surface area contributed by atoms with Crippen LogP contribution in [0.2, 0.25) is 0 Å². The molecule has 72 valence electrons. The summed E-state index contributed by atoms with van der Waals surface area (Å²) in [7, 11) is 0. The first-order valence-corrected chi connectivity index (χ1v) is 4.99. The van der Waals surface area contributed by atoms with Gasteiger partial charge in [-0.15, -0.1) is 0 Å². The molecule has 1 aliphatic heterocycles. The van der Waals surface area contributed by atoms with Crippen LogP contribution in [0.4, 0.5) is 0 Å². The van der Waals surface area contributed by atoms with Gasteiger partial charge in [0.1, 0.15) is 0 Å². The van der Waals surface area contributed by atoms with Crippen LogP contribution in [0.3, 0.4) is 0 Å². The molecule has 1 heterocycles. The van der Waals surface area contributed by atoms with Gasteiger partial charge in [-0.05, 0) is 5.39 Å². The molecule has 0 aliphatic carbocycles. The van der Waals surface area contributed by atoms with Gasteiger partial charge in [0.15, 0.2) is 0 Å². The fraction of sp³-hybridized carbons (Fsp3) is 0.0769. The van der Waals surface area contributed by atoms with E-state index in [0.717, 1.165) is 10.6 Å². The van der Waals surface area contributed by atoms with Crippen LogP contribution in [0, 0.1) is 0 Å². The van der Waals surface area contributed by atoms with Gasteiger partial charge in [-0.3, -0.25) is 9.98 Å². The van der Waals surface area contributed by atoms with Gasteiger partial charge in [0.05, 0.1) is 11.9 Å². The van der Waals surface area contributed by atoms with Crippen molar-refractivity contribution in [3.63, 3.8) is 0 Å². The predicted molar refractivity (Wildman–Crippen MR) is 62.6 cm³/mol. The highest BCUT2D eigenvalue weighted by atomic mass is 14.8. The normalized spacial score (nSPS) is 13.9. The third-order valence-corrected chi connectivity index (χ3v) is 2.58. The van der Waals surface area contributed by atoms with Crippen LogP contribution < -0.4 is 10.6 Å². The van der Waals surface area contributed by atoms with Crippen molar-refractivity contribution in [1.82, 2.24) is 0 Å². The minimum Gasteiger partial charge on any atom is -0.278 e. The third kappa shape index (κ3) is 1.34. The van der Waals surface area contributed by atoms with Crippen LogP contribution in [-0.4, -0.2) is 12.8 Å². The number of aliphatic imine (C=N–C) groups is 1. The fourth-order valence-corrected chi connectivity index (χ4v) is 1.86. The minimum atomic E-state index is 0.664. The number of benzene rings is 2. The Morgan fingerprint density at radius 3 is 2.93 bits per heavy atom. The van der Waals surface area contributed by atoms with Gasteiger partial charge in [-0.1, -0.05) is 36.4 Å². The quantitative estimate of drug-likeness (QED) is 0.603. The molecular formula is C13H10N2. The zero-order chi connectivity index (χ0) is 10.1. The molecule has 2 heteroatoms. The van der Waals surface area contributed by atoms with Crippen molar-refractivity contribution in [2.24, 2.45) is 9.98 Å². The van der Waals surface area contributed by atoms with E-state index in [2.05, 4.69) is 34.3 Å². The highest BCUT2D eigenvalue weighted by Crippen LogP contribution is 2.06. The van der Waals surface area contributed by atoms with E-state index in [0.29, 0.717) is 6.54 Å². The van der Waals surface area contributed by atoms with Gasteiger partial charge in [-0.25, -0.2) is 0 Å². The van der Waals surface area contributed by atoms with E-state index in [1.54, 1.807) is 0 Å². The molecule has 0 saturated heterocycles. The molecule has 0 aromatic heterocycles. The zero-order valence-corrected chi connectivity index (χ0v) is 8.22. The maximum Gasteiger partial charge on any atom is 0.0749 e. The van der Waals surface area contributed by atoms with Crippen molar-refractivity contribution in [3.8, 4) is 0 Å². The van der Waals surface area contributed by atoms with Gasteiger partial charge in [0.2, 0.25) is 0 Å². The summed E-state index contributed by atoms with van der Waals surface area (Å²) in [4.78, 5) is 8.71. The summed E-state index contributed by atoms with van der Waals surface area (Å²) in [5.41, 5.74) is 0. The number of rotatable bonds is 0. The predicted octanol–water partition coefficient (Wildman–Crippen LogP) is 1.28. The summed E-state index contributed by atoms with van der Waals surface area (Å²) in [5, 5.41) is 4.60.